The van der Waals surface area contributed by atoms with Gasteiger partial charge in [0.2, 0.25) is 0 Å². The maximum Gasteiger partial charge on any atom is 0.530 e. The van der Waals surface area contributed by atoms with E-state index in [-0.39, 0.29) is 23.3 Å². The average Bonchev–Trinajstić information content (AvgIpc) is 2.97. The fraction of sp³-hybridized carbons (Fsp3) is 0.412. The molecule has 0 radical (unpaired) electrons. The molecule has 2 aromatic rings. The molecule has 168 valence electrons. The summed E-state index contributed by atoms with van der Waals surface area (Å²) in [4.78, 5) is 15.8. The van der Waals surface area contributed by atoms with Crippen LogP contribution in [0.1, 0.15) is 12.0 Å². The van der Waals surface area contributed by atoms with Crippen molar-refractivity contribution < 1.29 is 37.5 Å². The number of aliphatic hydroxyl groups is 2. The van der Waals surface area contributed by atoms with Gasteiger partial charge in [-0.15, -0.1) is 0 Å². The Labute approximate surface area is 179 Å². The van der Waals surface area contributed by atoms with Crippen LogP contribution in [0.5, 0.6) is 5.75 Å². The molecule has 0 saturated carbocycles. The topological polar surface area (TPSA) is 155 Å². The number of aromatic nitrogens is 2. The van der Waals surface area contributed by atoms with Gasteiger partial charge in [0.05, 0.1) is 13.2 Å². The van der Waals surface area contributed by atoms with Crippen LogP contribution in [0.15, 0.2) is 35.1 Å². The monoisotopic (exact) mass is 477 g/mol. The maximum atomic E-state index is 15.5. The van der Waals surface area contributed by atoms with E-state index in [1.807, 2.05) is 0 Å². The van der Waals surface area contributed by atoms with Gasteiger partial charge in [-0.3, -0.25) is 9.05 Å². The first-order valence-electron chi connectivity index (χ1n) is 9.00. The summed E-state index contributed by atoms with van der Waals surface area (Å²) >= 11 is 6.02. The molecule has 4 rings (SSSR count). The Hall–Kier alpha value is -2.05. The van der Waals surface area contributed by atoms with Crippen LogP contribution in [0.4, 0.5) is 10.2 Å². The number of fused-ring (bicyclic) bond motifs is 1. The SMILES string of the molecule is Nc1cc(Cl)n([C@@]2(CO)C[C@H](O)[C@@](F)(COP3(=O)OCc4ccccc4O3)O2)c(=O)n1. The highest BCUT2D eigenvalue weighted by atomic mass is 35.5. The summed E-state index contributed by atoms with van der Waals surface area (Å²) in [5.41, 5.74) is 2.94. The molecule has 0 aliphatic carbocycles. The van der Waals surface area contributed by atoms with Crippen molar-refractivity contribution in [3.8, 4) is 5.75 Å². The molecular formula is C17H18ClFN3O8P. The van der Waals surface area contributed by atoms with Gasteiger partial charge in [-0.25, -0.2) is 18.3 Å². The number of benzene rings is 1. The predicted molar refractivity (Wildman–Crippen MR) is 104 cm³/mol. The number of nitrogen functional groups attached to an aromatic ring is 1. The molecule has 2 aliphatic rings. The second-order valence-corrected chi connectivity index (χ2v) is 9.01. The van der Waals surface area contributed by atoms with E-state index in [0.29, 0.717) is 10.1 Å². The van der Waals surface area contributed by atoms with Gasteiger partial charge in [-0.1, -0.05) is 29.8 Å². The van der Waals surface area contributed by atoms with Crippen LogP contribution >= 0.6 is 19.4 Å². The van der Waals surface area contributed by atoms with E-state index in [2.05, 4.69) is 4.98 Å². The third-order valence-electron chi connectivity index (χ3n) is 4.90. The molecule has 14 heteroatoms. The maximum absolute atomic E-state index is 15.5. The van der Waals surface area contributed by atoms with Gasteiger partial charge in [-0.2, -0.15) is 4.98 Å². The van der Waals surface area contributed by atoms with Gasteiger partial charge in [0.15, 0.2) is 5.72 Å². The number of hydrogen-bond acceptors (Lipinski definition) is 10. The van der Waals surface area contributed by atoms with Crippen molar-refractivity contribution in [2.24, 2.45) is 0 Å². The Morgan fingerprint density at radius 1 is 1.45 bits per heavy atom. The highest BCUT2D eigenvalue weighted by Gasteiger charge is 2.59. The quantitative estimate of drug-likeness (QED) is 0.424. The number of rotatable bonds is 5. The van der Waals surface area contributed by atoms with E-state index in [1.165, 1.54) is 0 Å². The van der Waals surface area contributed by atoms with E-state index < -0.39 is 50.8 Å². The van der Waals surface area contributed by atoms with Crippen molar-refractivity contribution in [1.82, 2.24) is 9.55 Å². The first-order chi connectivity index (χ1) is 14.6. The van der Waals surface area contributed by atoms with Gasteiger partial charge in [-0.05, 0) is 6.07 Å². The lowest BCUT2D eigenvalue weighted by atomic mass is 10.1. The molecule has 11 nitrogen and oxygen atoms in total. The van der Waals surface area contributed by atoms with Crippen LogP contribution in [0.2, 0.25) is 5.15 Å². The van der Waals surface area contributed by atoms with Gasteiger partial charge < -0.3 is 25.2 Å². The predicted octanol–water partition coefficient (Wildman–Crippen LogP) is 1.30. The highest BCUT2D eigenvalue weighted by Crippen LogP contribution is 2.56. The molecule has 2 aliphatic heterocycles. The Morgan fingerprint density at radius 3 is 2.90 bits per heavy atom. The molecule has 1 saturated heterocycles. The van der Waals surface area contributed by atoms with Crippen LogP contribution in [0.25, 0.3) is 0 Å². The summed E-state index contributed by atoms with van der Waals surface area (Å²) in [6.07, 6.45) is -2.49. The molecule has 1 aromatic carbocycles. The lowest BCUT2D eigenvalue weighted by molar-refractivity contribution is -0.249. The van der Waals surface area contributed by atoms with Crippen molar-refractivity contribution in [2.75, 3.05) is 18.9 Å². The van der Waals surface area contributed by atoms with Crippen LogP contribution in [-0.2, 0) is 30.7 Å². The van der Waals surface area contributed by atoms with Gasteiger partial charge in [0.1, 0.15) is 29.4 Å². The Morgan fingerprint density at radius 2 is 2.19 bits per heavy atom. The van der Waals surface area contributed by atoms with Crippen molar-refractivity contribution in [3.05, 3.63) is 51.5 Å². The van der Waals surface area contributed by atoms with E-state index in [0.717, 1.165) is 6.07 Å². The summed E-state index contributed by atoms with van der Waals surface area (Å²) in [7, 11) is -4.23. The standard InChI is InChI=1S/C17H18ClFN3O8P/c18-13-5-14(20)21-15(25)22(13)16(8-23)6-12(24)17(19,30-16)9-28-31(26)27-7-10-3-1-2-4-11(10)29-31/h1-5,12,23-24H,6-9H2,(H2,20,21,25)/t12-,16-,17+,31?/m0/s1. The normalized spacial score (nSPS) is 32.5. The minimum absolute atomic E-state index is 0.0984. The molecule has 1 fully saturated rings. The summed E-state index contributed by atoms with van der Waals surface area (Å²) in [6.45, 7) is -2.14. The molecule has 31 heavy (non-hydrogen) atoms. The molecule has 1 aromatic heterocycles. The number of halogens is 2. The Kier molecular flexibility index (Phi) is 5.59. The summed E-state index contributed by atoms with van der Waals surface area (Å²) in [6, 6.07) is 7.71. The number of hydrogen-bond donors (Lipinski definition) is 3. The van der Waals surface area contributed by atoms with Gasteiger partial charge in [0, 0.05) is 18.1 Å². The number of para-hydroxylation sites is 1. The molecule has 0 bridgehead atoms. The van der Waals surface area contributed by atoms with Gasteiger partial charge in [0.25, 0.3) is 5.85 Å². The largest absolute Gasteiger partial charge is 0.530 e. The molecular weight excluding hydrogens is 460 g/mol. The van der Waals surface area contributed by atoms with Crippen LogP contribution in [-0.4, -0.2) is 44.9 Å². The number of phosphoric acid groups is 1. The molecule has 3 heterocycles. The smallest absolute Gasteiger partial charge is 0.404 e. The minimum atomic E-state index is -4.23. The fourth-order valence-electron chi connectivity index (χ4n) is 3.39. The van der Waals surface area contributed by atoms with Crippen LogP contribution in [0, 0.1) is 0 Å². The lowest BCUT2D eigenvalue weighted by Crippen LogP contribution is -2.47. The first kappa shape index (κ1) is 22.2. The van der Waals surface area contributed by atoms with Gasteiger partial charge >= 0.3 is 13.5 Å². The Balaban J connectivity index is 1.56. The van der Waals surface area contributed by atoms with E-state index in [1.54, 1.807) is 24.3 Å². The van der Waals surface area contributed by atoms with Crippen LogP contribution < -0.4 is 15.9 Å². The third kappa shape index (κ3) is 3.96. The van der Waals surface area contributed by atoms with Crippen molar-refractivity contribution in [2.45, 2.75) is 30.7 Å². The number of alkyl halides is 1. The highest BCUT2D eigenvalue weighted by molar-refractivity contribution is 7.49. The summed E-state index contributed by atoms with van der Waals surface area (Å²) in [5, 5.41) is 19.9. The van der Waals surface area contributed by atoms with Crippen molar-refractivity contribution >= 4 is 25.2 Å². The molecule has 0 spiro atoms. The number of nitrogens with two attached hydrogens (primary N) is 1. The van der Waals surface area contributed by atoms with Crippen LogP contribution in [0.3, 0.4) is 0 Å². The minimum Gasteiger partial charge on any atom is -0.404 e. The van der Waals surface area contributed by atoms with E-state index in [9.17, 15) is 19.6 Å². The molecule has 4 N–H and O–H groups in total. The number of anilines is 1. The molecule has 0 amide bonds. The van der Waals surface area contributed by atoms with E-state index >= 15 is 4.39 Å². The average molecular weight is 478 g/mol. The number of aliphatic hydroxyl groups excluding tert-OH is 2. The summed E-state index contributed by atoms with van der Waals surface area (Å²) < 4.78 is 49.5. The second-order valence-electron chi connectivity index (χ2n) is 7.03. The fourth-order valence-corrected chi connectivity index (χ4v) is 4.96. The Bertz CT molecular complexity index is 1120. The zero-order valence-electron chi connectivity index (χ0n) is 15.8. The zero-order chi connectivity index (χ0) is 22.4. The number of ether oxygens (including phenoxy) is 1. The van der Waals surface area contributed by atoms with Crippen molar-refractivity contribution in [1.29, 1.82) is 0 Å². The number of phosphoric ester groups is 1. The molecule has 4 atom stereocenters. The first-order valence-corrected chi connectivity index (χ1v) is 10.8. The van der Waals surface area contributed by atoms with E-state index in [4.69, 9.17) is 35.6 Å². The third-order valence-corrected chi connectivity index (χ3v) is 6.49. The zero-order valence-corrected chi connectivity index (χ0v) is 17.5. The van der Waals surface area contributed by atoms with Crippen molar-refractivity contribution in [3.63, 3.8) is 0 Å². The molecule has 1 unspecified atom stereocenters. The lowest BCUT2D eigenvalue weighted by Gasteiger charge is -2.32. The second kappa shape index (κ2) is 7.82. The summed E-state index contributed by atoms with van der Waals surface area (Å²) in [5.74, 6) is -2.94. The number of nitrogens with zero attached hydrogens (tertiary/aromatic N) is 2.